The van der Waals surface area contributed by atoms with Gasteiger partial charge in [0.05, 0.1) is 11.7 Å². The number of aromatic nitrogens is 2. The third-order valence-electron chi connectivity index (χ3n) is 1.87. The highest BCUT2D eigenvalue weighted by molar-refractivity contribution is 6.75. The number of hydrogen-bond donors (Lipinski definition) is 1. The molecule has 1 heterocycles. The van der Waals surface area contributed by atoms with E-state index in [-0.39, 0.29) is 5.39 Å². The highest BCUT2D eigenvalue weighted by atomic mass is 19.4. The Balaban J connectivity index is 2.75. The zero-order valence-electron chi connectivity index (χ0n) is 6.47. The predicted molar refractivity (Wildman–Crippen MR) is 44.8 cm³/mol. The van der Waals surface area contributed by atoms with Crippen LogP contribution in [0.4, 0.5) is 12.9 Å². The Bertz CT molecular complexity index is 434. The Morgan fingerprint density at radius 2 is 2.00 bits per heavy atom. The van der Waals surface area contributed by atoms with Crippen LogP contribution in [-0.2, 0) is 0 Å². The van der Waals surface area contributed by atoms with E-state index in [9.17, 15) is 12.9 Å². The van der Waals surface area contributed by atoms with Crippen molar-refractivity contribution < 1.29 is 12.9 Å². The number of halogens is 3. The van der Waals surface area contributed by atoms with Crippen molar-refractivity contribution in [2.24, 2.45) is 0 Å². The zero-order chi connectivity index (χ0) is 9.47. The molecule has 2 rings (SSSR count). The van der Waals surface area contributed by atoms with E-state index in [4.69, 9.17) is 0 Å². The predicted octanol–water partition coefficient (Wildman–Crippen LogP) is 1.62. The average Bonchev–Trinajstić information content (AvgIpc) is 2.48. The molecule has 6 heteroatoms. The molecule has 0 saturated heterocycles. The summed E-state index contributed by atoms with van der Waals surface area (Å²) in [5, 5.41) is 6.19. The fourth-order valence-corrected chi connectivity index (χ4v) is 1.28. The summed E-state index contributed by atoms with van der Waals surface area (Å²) in [7, 11) is 0. The lowest BCUT2D eigenvalue weighted by atomic mass is 9.78. The second-order valence-electron chi connectivity index (χ2n) is 2.75. The molecular weight excluding hydrogens is 180 g/mol. The zero-order valence-corrected chi connectivity index (χ0v) is 6.47. The van der Waals surface area contributed by atoms with E-state index in [1.807, 2.05) is 0 Å². The summed E-state index contributed by atoms with van der Waals surface area (Å²) in [4.78, 5) is 0. The van der Waals surface area contributed by atoms with Crippen LogP contribution in [0.1, 0.15) is 0 Å². The smallest absolute Gasteiger partial charge is 0.445 e. The molecule has 13 heavy (non-hydrogen) atoms. The number of nitrogens with zero attached hydrogens (tertiary/aromatic N) is 1. The van der Waals surface area contributed by atoms with Gasteiger partial charge in [0.2, 0.25) is 0 Å². The molecule has 0 aliphatic heterocycles. The van der Waals surface area contributed by atoms with Gasteiger partial charge in [0.25, 0.3) is 0 Å². The number of hydrogen-bond acceptors (Lipinski definition) is 1. The van der Waals surface area contributed by atoms with E-state index >= 15 is 0 Å². The molecule has 2 aromatic rings. The van der Waals surface area contributed by atoms with Crippen LogP contribution in [0.2, 0.25) is 0 Å². The molecule has 0 bridgehead atoms. The Labute approximate surface area is 71.8 Å². The van der Waals surface area contributed by atoms with Gasteiger partial charge in [0, 0.05) is 0 Å². The maximum absolute atomic E-state index is 12.4. The van der Waals surface area contributed by atoms with Gasteiger partial charge >= 0.3 is 6.98 Å². The third kappa shape index (κ3) is 1.28. The molecular formula is C7H5BF3N2-. The number of rotatable bonds is 1. The first kappa shape index (κ1) is 8.16. The van der Waals surface area contributed by atoms with Crippen molar-refractivity contribution >= 4 is 23.3 Å². The summed E-state index contributed by atoms with van der Waals surface area (Å²) in [5.74, 6) is 0. The lowest BCUT2D eigenvalue weighted by Gasteiger charge is -2.15. The second-order valence-corrected chi connectivity index (χ2v) is 2.75. The van der Waals surface area contributed by atoms with Crippen LogP contribution in [0.15, 0.2) is 24.4 Å². The van der Waals surface area contributed by atoms with Crippen LogP contribution in [0.3, 0.4) is 0 Å². The van der Waals surface area contributed by atoms with Crippen molar-refractivity contribution in [3.63, 3.8) is 0 Å². The topological polar surface area (TPSA) is 28.7 Å². The van der Waals surface area contributed by atoms with Crippen LogP contribution < -0.4 is 5.46 Å². The van der Waals surface area contributed by atoms with Crippen molar-refractivity contribution in [1.82, 2.24) is 10.2 Å². The summed E-state index contributed by atoms with van der Waals surface area (Å²) >= 11 is 0. The minimum Gasteiger partial charge on any atom is -0.445 e. The summed E-state index contributed by atoms with van der Waals surface area (Å²) < 4.78 is 37.2. The summed E-state index contributed by atoms with van der Waals surface area (Å²) in [6, 6.07) is 4.00. The standard InChI is InChI=1S/C7H5BF3N2/c9-8(10,11)6-2-1-3-7-5(6)4-12-13-7/h1-4H,(H,12,13)/q-1. The van der Waals surface area contributed by atoms with Gasteiger partial charge < -0.3 is 12.9 Å². The van der Waals surface area contributed by atoms with Crippen LogP contribution in [0, 0.1) is 0 Å². The molecule has 1 N–H and O–H groups in total. The molecule has 0 amide bonds. The largest absolute Gasteiger partial charge is 0.510 e. The maximum atomic E-state index is 12.4. The lowest BCUT2D eigenvalue weighted by Crippen LogP contribution is -2.34. The average molecular weight is 185 g/mol. The molecule has 0 atom stereocenters. The molecule has 0 aliphatic rings. The molecule has 0 saturated carbocycles. The Hall–Kier alpha value is -1.46. The minimum absolute atomic E-state index is 0.134. The second kappa shape index (κ2) is 2.51. The van der Waals surface area contributed by atoms with Gasteiger partial charge in [-0.2, -0.15) is 5.10 Å². The Kier molecular flexibility index (Phi) is 1.58. The quantitative estimate of drug-likeness (QED) is 0.671. The molecule has 1 aromatic carbocycles. The molecule has 0 spiro atoms. The van der Waals surface area contributed by atoms with E-state index in [1.54, 1.807) is 6.07 Å². The van der Waals surface area contributed by atoms with Gasteiger partial charge in [-0.1, -0.05) is 17.6 Å². The summed E-state index contributed by atoms with van der Waals surface area (Å²) in [6.45, 7) is -4.95. The monoisotopic (exact) mass is 185 g/mol. The van der Waals surface area contributed by atoms with Gasteiger partial charge in [-0.3, -0.25) is 5.10 Å². The van der Waals surface area contributed by atoms with Crippen LogP contribution in [0.25, 0.3) is 10.9 Å². The van der Waals surface area contributed by atoms with Crippen molar-refractivity contribution in [3.8, 4) is 0 Å². The Morgan fingerprint density at radius 3 is 2.69 bits per heavy atom. The minimum atomic E-state index is -4.95. The number of fused-ring (bicyclic) bond motifs is 1. The molecule has 0 aliphatic carbocycles. The summed E-state index contributed by atoms with van der Waals surface area (Å²) in [6.07, 6.45) is 1.19. The fourth-order valence-electron chi connectivity index (χ4n) is 1.28. The molecule has 2 nitrogen and oxygen atoms in total. The van der Waals surface area contributed by atoms with Gasteiger partial charge in [0.1, 0.15) is 0 Å². The lowest BCUT2D eigenvalue weighted by molar-refractivity contribution is 0.502. The first-order chi connectivity index (χ1) is 6.09. The van der Waals surface area contributed by atoms with E-state index in [0.29, 0.717) is 5.52 Å². The Morgan fingerprint density at radius 1 is 1.23 bits per heavy atom. The van der Waals surface area contributed by atoms with Gasteiger partial charge in [-0.15, -0.1) is 0 Å². The van der Waals surface area contributed by atoms with Crippen LogP contribution in [-0.4, -0.2) is 17.2 Å². The highest BCUT2D eigenvalue weighted by Crippen LogP contribution is 2.15. The van der Waals surface area contributed by atoms with Crippen molar-refractivity contribution in [2.45, 2.75) is 0 Å². The normalized spacial score (nSPS) is 12.2. The number of nitrogens with one attached hydrogen (secondary N) is 1. The number of H-pyrrole nitrogens is 1. The van der Waals surface area contributed by atoms with E-state index in [1.165, 1.54) is 12.3 Å². The van der Waals surface area contributed by atoms with Gasteiger partial charge in [0.15, 0.2) is 0 Å². The van der Waals surface area contributed by atoms with E-state index < -0.39 is 12.4 Å². The first-order valence-corrected chi connectivity index (χ1v) is 3.71. The van der Waals surface area contributed by atoms with Crippen molar-refractivity contribution in [2.75, 3.05) is 0 Å². The van der Waals surface area contributed by atoms with Gasteiger partial charge in [-0.25, -0.2) is 0 Å². The van der Waals surface area contributed by atoms with Crippen molar-refractivity contribution in [3.05, 3.63) is 24.4 Å². The van der Waals surface area contributed by atoms with Crippen LogP contribution in [0.5, 0.6) is 0 Å². The van der Waals surface area contributed by atoms with E-state index in [2.05, 4.69) is 10.2 Å². The SMILES string of the molecule is F[B-](F)(F)c1cccc2[nH]ncc12. The molecule has 0 unspecified atom stereocenters. The first-order valence-electron chi connectivity index (χ1n) is 3.71. The molecule has 0 radical (unpaired) electrons. The van der Waals surface area contributed by atoms with E-state index in [0.717, 1.165) is 6.07 Å². The third-order valence-corrected chi connectivity index (χ3v) is 1.87. The number of benzene rings is 1. The van der Waals surface area contributed by atoms with Crippen LogP contribution >= 0.6 is 0 Å². The maximum Gasteiger partial charge on any atom is 0.510 e. The number of aromatic amines is 1. The molecule has 0 fully saturated rings. The van der Waals surface area contributed by atoms with Crippen molar-refractivity contribution in [1.29, 1.82) is 0 Å². The summed E-state index contributed by atoms with van der Waals surface area (Å²) in [5.41, 5.74) is -0.178. The van der Waals surface area contributed by atoms with Gasteiger partial charge in [-0.05, 0) is 11.5 Å². The molecule has 1 aromatic heterocycles. The highest BCUT2D eigenvalue weighted by Gasteiger charge is 2.27. The fraction of sp³-hybridized carbons (Fsp3) is 0. The molecule has 68 valence electrons.